The first-order valence-electron chi connectivity index (χ1n) is 4.90. The van der Waals surface area contributed by atoms with Gasteiger partial charge in [-0.1, -0.05) is 13.8 Å². The fourth-order valence-electron chi connectivity index (χ4n) is 1.42. The lowest BCUT2D eigenvalue weighted by Gasteiger charge is -2.25. The summed E-state index contributed by atoms with van der Waals surface area (Å²) >= 11 is 0. The van der Waals surface area contributed by atoms with Crippen LogP contribution in [0, 0.1) is 11.3 Å². The summed E-state index contributed by atoms with van der Waals surface area (Å²) in [5, 5.41) is 12.3. The molecule has 0 fully saturated rings. The Hall–Kier alpha value is -0.590. The number of nitrogens with zero attached hydrogens (tertiary/aromatic N) is 1. The van der Waals surface area contributed by atoms with Crippen LogP contribution >= 0.6 is 0 Å². The fraction of sp³-hybridized carbons (Fsp3) is 0.900. The zero-order chi connectivity index (χ0) is 10.2. The number of nitriles is 1. The molecule has 0 amide bonds. The second-order valence-electron chi connectivity index (χ2n) is 3.17. The summed E-state index contributed by atoms with van der Waals surface area (Å²) in [5.74, 6) is 0. The van der Waals surface area contributed by atoms with E-state index in [2.05, 4.69) is 11.4 Å². The van der Waals surface area contributed by atoms with E-state index in [1.165, 1.54) is 0 Å². The first kappa shape index (κ1) is 12.4. The molecule has 0 saturated carbocycles. The molecular weight excluding hydrogens is 164 g/mol. The van der Waals surface area contributed by atoms with Crippen molar-refractivity contribution in [1.82, 2.24) is 5.32 Å². The Balaban J connectivity index is 3.99. The van der Waals surface area contributed by atoms with Crippen LogP contribution in [0.3, 0.4) is 0 Å². The minimum Gasteiger partial charge on any atom is -0.385 e. The lowest BCUT2D eigenvalue weighted by Crippen LogP contribution is -2.43. The highest BCUT2D eigenvalue weighted by atomic mass is 16.5. The van der Waals surface area contributed by atoms with Crippen LogP contribution in [0.1, 0.15) is 33.1 Å². The maximum absolute atomic E-state index is 9.05. The molecule has 0 rings (SSSR count). The maximum Gasteiger partial charge on any atom is 0.106 e. The third kappa shape index (κ3) is 4.25. The SMILES string of the molecule is CCNC(C#N)(CC)CCCOC. The predicted octanol–water partition coefficient (Wildman–Crippen LogP) is 1.69. The molecule has 76 valence electrons. The summed E-state index contributed by atoms with van der Waals surface area (Å²) in [5.41, 5.74) is -0.340. The Labute approximate surface area is 81.1 Å². The average Bonchev–Trinajstić information content (AvgIpc) is 2.17. The van der Waals surface area contributed by atoms with Gasteiger partial charge in [0.1, 0.15) is 5.54 Å². The van der Waals surface area contributed by atoms with Crippen molar-refractivity contribution in [2.24, 2.45) is 0 Å². The molecule has 0 aliphatic rings. The Morgan fingerprint density at radius 2 is 2.15 bits per heavy atom. The lowest BCUT2D eigenvalue weighted by atomic mass is 9.92. The number of hydrogen-bond donors (Lipinski definition) is 1. The highest BCUT2D eigenvalue weighted by Crippen LogP contribution is 2.16. The van der Waals surface area contributed by atoms with Crippen molar-refractivity contribution in [2.45, 2.75) is 38.6 Å². The van der Waals surface area contributed by atoms with Crippen LogP contribution in [0.4, 0.5) is 0 Å². The normalized spacial score (nSPS) is 14.9. The summed E-state index contributed by atoms with van der Waals surface area (Å²) in [7, 11) is 1.69. The molecule has 0 aromatic rings. The standard InChI is InChI=1S/C10H20N2O/c1-4-10(9-11,12-5-2)7-6-8-13-3/h12H,4-8H2,1-3H3. The summed E-state index contributed by atoms with van der Waals surface area (Å²) in [6.45, 7) is 5.64. The van der Waals surface area contributed by atoms with Gasteiger partial charge in [0.05, 0.1) is 6.07 Å². The van der Waals surface area contributed by atoms with Gasteiger partial charge < -0.3 is 4.74 Å². The second-order valence-corrected chi connectivity index (χ2v) is 3.17. The van der Waals surface area contributed by atoms with Crippen molar-refractivity contribution in [3.8, 4) is 6.07 Å². The third-order valence-electron chi connectivity index (χ3n) is 2.28. The van der Waals surface area contributed by atoms with Gasteiger partial charge in [0.15, 0.2) is 0 Å². The van der Waals surface area contributed by atoms with Crippen molar-refractivity contribution in [2.75, 3.05) is 20.3 Å². The van der Waals surface area contributed by atoms with Crippen LogP contribution in [-0.4, -0.2) is 25.8 Å². The molecule has 0 heterocycles. The van der Waals surface area contributed by atoms with Gasteiger partial charge >= 0.3 is 0 Å². The summed E-state index contributed by atoms with van der Waals surface area (Å²) < 4.78 is 4.97. The summed E-state index contributed by atoms with van der Waals surface area (Å²) in [4.78, 5) is 0. The van der Waals surface area contributed by atoms with Gasteiger partial charge in [-0.05, 0) is 25.8 Å². The molecule has 0 saturated heterocycles. The zero-order valence-electron chi connectivity index (χ0n) is 8.89. The minimum atomic E-state index is -0.340. The van der Waals surface area contributed by atoms with Crippen LogP contribution in [-0.2, 0) is 4.74 Å². The predicted molar refractivity (Wildman–Crippen MR) is 53.4 cm³/mol. The highest BCUT2D eigenvalue weighted by Gasteiger charge is 2.25. The molecule has 0 aliphatic heterocycles. The molecule has 0 aromatic heterocycles. The Kier molecular flexibility index (Phi) is 6.56. The molecule has 0 radical (unpaired) electrons. The molecule has 0 aromatic carbocycles. The number of methoxy groups -OCH3 is 1. The van der Waals surface area contributed by atoms with Gasteiger partial charge in [-0.25, -0.2) is 0 Å². The summed E-state index contributed by atoms with van der Waals surface area (Å²) in [6.07, 6.45) is 2.65. The zero-order valence-corrected chi connectivity index (χ0v) is 8.89. The van der Waals surface area contributed by atoms with E-state index in [0.29, 0.717) is 0 Å². The van der Waals surface area contributed by atoms with E-state index in [4.69, 9.17) is 10.00 Å². The second kappa shape index (κ2) is 6.88. The van der Waals surface area contributed by atoms with Gasteiger partial charge in [0.2, 0.25) is 0 Å². The average molecular weight is 184 g/mol. The number of nitrogens with one attached hydrogen (secondary N) is 1. The van der Waals surface area contributed by atoms with Gasteiger partial charge in [-0.2, -0.15) is 5.26 Å². The molecule has 1 N–H and O–H groups in total. The van der Waals surface area contributed by atoms with Crippen LogP contribution in [0.25, 0.3) is 0 Å². The molecule has 3 heteroatoms. The maximum atomic E-state index is 9.05. The van der Waals surface area contributed by atoms with E-state index in [-0.39, 0.29) is 5.54 Å². The van der Waals surface area contributed by atoms with E-state index in [1.807, 2.05) is 13.8 Å². The lowest BCUT2D eigenvalue weighted by molar-refractivity contribution is 0.183. The van der Waals surface area contributed by atoms with Crippen molar-refractivity contribution in [3.63, 3.8) is 0 Å². The van der Waals surface area contributed by atoms with E-state index in [1.54, 1.807) is 7.11 Å². The molecular formula is C10H20N2O. The fourth-order valence-corrected chi connectivity index (χ4v) is 1.42. The van der Waals surface area contributed by atoms with Gasteiger partial charge in [0.25, 0.3) is 0 Å². The molecule has 0 bridgehead atoms. The Morgan fingerprint density at radius 3 is 2.54 bits per heavy atom. The first-order valence-corrected chi connectivity index (χ1v) is 4.90. The minimum absolute atomic E-state index is 0.340. The first-order chi connectivity index (χ1) is 6.24. The smallest absolute Gasteiger partial charge is 0.106 e. The van der Waals surface area contributed by atoms with Crippen molar-refractivity contribution >= 4 is 0 Å². The van der Waals surface area contributed by atoms with Crippen molar-refractivity contribution in [3.05, 3.63) is 0 Å². The van der Waals surface area contributed by atoms with Gasteiger partial charge in [-0.3, -0.25) is 5.32 Å². The quantitative estimate of drug-likeness (QED) is 0.612. The number of hydrogen-bond acceptors (Lipinski definition) is 3. The van der Waals surface area contributed by atoms with Crippen LogP contribution in [0.15, 0.2) is 0 Å². The molecule has 3 nitrogen and oxygen atoms in total. The number of ether oxygens (including phenoxy) is 1. The molecule has 0 spiro atoms. The van der Waals surface area contributed by atoms with Crippen LogP contribution in [0.2, 0.25) is 0 Å². The Morgan fingerprint density at radius 1 is 1.46 bits per heavy atom. The van der Waals surface area contributed by atoms with E-state index < -0.39 is 0 Å². The van der Waals surface area contributed by atoms with E-state index in [0.717, 1.165) is 32.4 Å². The third-order valence-corrected chi connectivity index (χ3v) is 2.28. The monoisotopic (exact) mass is 184 g/mol. The summed E-state index contributed by atoms with van der Waals surface area (Å²) in [6, 6.07) is 2.36. The van der Waals surface area contributed by atoms with Gasteiger partial charge in [-0.15, -0.1) is 0 Å². The van der Waals surface area contributed by atoms with E-state index >= 15 is 0 Å². The molecule has 1 atom stereocenters. The van der Waals surface area contributed by atoms with E-state index in [9.17, 15) is 0 Å². The van der Waals surface area contributed by atoms with Crippen molar-refractivity contribution in [1.29, 1.82) is 5.26 Å². The van der Waals surface area contributed by atoms with Crippen LogP contribution in [0.5, 0.6) is 0 Å². The van der Waals surface area contributed by atoms with Crippen LogP contribution < -0.4 is 5.32 Å². The molecule has 13 heavy (non-hydrogen) atoms. The number of rotatable bonds is 7. The Bertz CT molecular complexity index is 165. The highest BCUT2D eigenvalue weighted by molar-refractivity contribution is 5.05. The topological polar surface area (TPSA) is 45.0 Å². The van der Waals surface area contributed by atoms with Gasteiger partial charge in [0, 0.05) is 13.7 Å². The van der Waals surface area contributed by atoms with Crippen molar-refractivity contribution < 1.29 is 4.74 Å². The molecule has 0 aliphatic carbocycles. The molecule has 1 unspecified atom stereocenters. The largest absolute Gasteiger partial charge is 0.385 e.